The van der Waals surface area contributed by atoms with E-state index in [1.807, 2.05) is 6.92 Å². The van der Waals surface area contributed by atoms with Gasteiger partial charge < -0.3 is 9.47 Å². The lowest BCUT2D eigenvalue weighted by molar-refractivity contribution is -0.183. The normalized spacial score (nSPS) is 41.8. The second-order valence-corrected chi connectivity index (χ2v) is 3.66. The molecular formula is C9H14O3. The fourth-order valence-electron chi connectivity index (χ4n) is 1.88. The predicted molar refractivity (Wildman–Crippen MR) is 42.6 cm³/mol. The van der Waals surface area contributed by atoms with E-state index in [-0.39, 0.29) is 24.1 Å². The molecule has 0 spiro atoms. The first-order valence-electron chi connectivity index (χ1n) is 4.59. The third kappa shape index (κ3) is 1.33. The van der Waals surface area contributed by atoms with Gasteiger partial charge in [-0.15, -0.1) is 0 Å². The monoisotopic (exact) mass is 170 g/mol. The molecule has 2 rings (SSSR count). The Morgan fingerprint density at radius 3 is 3.08 bits per heavy atom. The van der Waals surface area contributed by atoms with Crippen LogP contribution in [0.5, 0.6) is 0 Å². The lowest BCUT2D eigenvalue weighted by atomic mass is 9.93. The molecule has 3 unspecified atom stereocenters. The fraction of sp³-hybridized carbons (Fsp3) is 0.889. The molecule has 3 nitrogen and oxygen atoms in total. The van der Waals surface area contributed by atoms with Gasteiger partial charge in [0.05, 0.1) is 12.0 Å². The third-order valence-corrected chi connectivity index (χ3v) is 2.64. The average molecular weight is 170 g/mol. The standard InChI is InChI=1S/C9H14O3/c1-6-5-8-7(12-9(6)10)3-2-4-11-8/h6-8H,2-5H2,1H3. The smallest absolute Gasteiger partial charge is 0.309 e. The van der Waals surface area contributed by atoms with Crippen LogP contribution in [0.1, 0.15) is 26.2 Å². The Labute approximate surface area is 72.0 Å². The van der Waals surface area contributed by atoms with Gasteiger partial charge in [-0.25, -0.2) is 0 Å². The van der Waals surface area contributed by atoms with Crippen molar-refractivity contribution < 1.29 is 14.3 Å². The number of fused-ring (bicyclic) bond motifs is 1. The average Bonchev–Trinajstić information content (AvgIpc) is 2.07. The van der Waals surface area contributed by atoms with Crippen molar-refractivity contribution >= 4 is 5.97 Å². The van der Waals surface area contributed by atoms with Crippen LogP contribution in [0.15, 0.2) is 0 Å². The number of hydrogen-bond donors (Lipinski definition) is 0. The van der Waals surface area contributed by atoms with Gasteiger partial charge in [-0.3, -0.25) is 4.79 Å². The fourth-order valence-corrected chi connectivity index (χ4v) is 1.88. The number of carbonyl (C=O) groups excluding carboxylic acids is 1. The molecule has 2 heterocycles. The van der Waals surface area contributed by atoms with Crippen LogP contribution in [0.3, 0.4) is 0 Å². The Morgan fingerprint density at radius 1 is 1.42 bits per heavy atom. The zero-order valence-electron chi connectivity index (χ0n) is 7.29. The predicted octanol–water partition coefficient (Wildman–Crippen LogP) is 1.12. The first-order chi connectivity index (χ1) is 5.77. The highest BCUT2D eigenvalue weighted by molar-refractivity contribution is 5.73. The van der Waals surface area contributed by atoms with E-state index >= 15 is 0 Å². The van der Waals surface area contributed by atoms with Crippen LogP contribution in [-0.4, -0.2) is 24.8 Å². The number of esters is 1. The Morgan fingerprint density at radius 2 is 2.25 bits per heavy atom. The third-order valence-electron chi connectivity index (χ3n) is 2.64. The van der Waals surface area contributed by atoms with Crippen molar-refractivity contribution in [2.75, 3.05) is 6.61 Å². The quantitative estimate of drug-likeness (QED) is 0.511. The molecule has 0 aromatic rings. The summed E-state index contributed by atoms with van der Waals surface area (Å²) in [4.78, 5) is 11.2. The Hall–Kier alpha value is -0.570. The summed E-state index contributed by atoms with van der Waals surface area (Å²) < 4.78 is 10.8. The summed E-state index contributed by atoms with van der Waals surface area (Å²) in [7, 11) is 0. The second-order valence-electron chi connectivity index (χ2n) is 3.66. The van der Waals surface area contributed by atoms with E-state index in [4.69, 9.17) is 9.47 Å². The molecule has 3 heteroatoms. The maximum absolute atomic E-state index is 11.2. The van der Waals surface area contributed by atoms with E-state index in [1.165, 1.54) is 0 Å². The van der Waals surface area contributed by atoms with Crippen LogP contribution in [0.4, 0.5) is 0 Å². The van der Waals surface area contributed by atoms with Crippen LogP contribution in [-0.2, 0) is 14.3 Å². The van der Waals surface area contributed by atoms with Crippen LogP contribution in [0.2, 0.25) is 0 Å². The molecule has 2 aliphatic heterocycles. The molecule has 2 fully saturated rings. The molecule has 0 aliphatic carbocycles. The summed E-state index contributed by atoms with van der Waals surface area (Å²) in [6.45, 7) is 2.72. The van der Waals surface area contributed by atoms with Gasteiger partial charge in [-0.05, 0) is 19.3 Å². The van der Waals surface area contributed by atoms with Crippen molar-refractivity contribution in [2.45, 2.75) is 38.4 Å². The van der Waals surface area contributed by atoms with Gasteiger partial charge in [0.2, 0.25) is 0 Å². The van der Waals surface area contributed by atoms with Gasteiger partial charge >= 0.3 is 5.97 Å². The molecule has 0 aromatic heterocycles. The minimum Gasteiger partial charge on any atom is -0.459 e. The van der Waals surface area contributed by atoms with E-state index < -0.39 is 0 Å². The van der Waals surface area contributed by atoms with Gasteiger partial charge in [0.1, 0.15) is 6.10 Å². The van der Waals surface area contributed by atoms with Crippen molar-refractivity contribution in [2.24, 2.45) is 5.92 Å². The van der Waals surface area contributed by atoms with Crippen LogP contribution in [0.25, 0.3) is 0 Å². The highest BCUT2D eigenvalue weighted by atomic mass is 16.6. The SMILES string of the molecule is CC1CC2OCCCC2OC1=O. The van der Waals surface area contributed by atoms with Crippen molar-refractivity contribution in [3.05, 3.63) is 0 Å². The van der Waals surface area contributed by atoms with Crippen molar-refractivity contribution in [3.8, 4) is 0 Å². The van der Waals surface area contributed by atoms with E-state index in [1.54, 1.807) is 0 Å². The Balaban J connectivity index is 2.02. The lowest BCUT2D eigenvalue weighted by Crippen LogP contribution is -2.45. The van der Waals surface area contributed by atoms with Gasteiger partial charge in [-0.2, -0.15) is 0 Å². The van der Waals surface area contributed by atoms with Gasteiger partial charge in [0.25, 0.3) is 0 Å². The minimum atomic E-state index is -0.0539. The largest absolute Gasteiger partial charge is 0.459 e. The Kier molecular flexibility index (Phi) is 2.05. The zero-order chi connectivity index (χ0) is 8.55. The van der Waals surface area contributed by atoms with E-state index in [0.717, 1.165) is 25.9 Å². The summed E-state index contributed by atoms with van der Waals surface area (Å²) in [6, 6.07) is 0. The highest BCUT2D eigenvalue weighted by Gasteiger charge is 2.37. The number of carbonyl (C=O) groups is 1. The second kappa shape index (κ2) is 3.05. The molecule has 0 amide bonds. The topological polar surface area (TPSA) is 35.5 Å². The van der Waals surface area contributed by atoms with E-state index in [9.17, 15) is 4.79 Å². The molecule has 68 valence electrons. The van der Waals surface area contributed by atoms with Crippen molar-refractivity contribution in [3.63, 3.8) is 0 Å². The summed E-state index contributed by atoms with van der Waals surface area (Å²) in [5.41, 5.74) is 0. The highest BCUT2D eigenvalue weighted by Crippen LogP contribution is 2.28. The molecule has 2 saturated heterocycles. The number of rotatable bonds is 0. The molecule has 2 aliphatic rings. The minimum absolute atomic E-state index is 0.0179. The first kappa shape index (κ1) is 8.05. The Bertz CT molecular complexity index is 190. The van der Waals surface area contributed by atoms with Crippen molar-refractivity contribution in [1.29, 1.82) is 0 Å². The maximum atomic E-state index is 11.2. The lowest BCUT2D eigenvalue weighted by Gasteiger charge is -2.37. The summed E-state index contributed by atoms with van der Waals surface area (Å²) in [6.07, 6.45) is 3.05. The van der Waals surface area contributed by atoms with Crippen LogP contribution in [0, 0.1) is 5.92 Å². The molecular weight excluding hydrogens is 156 g/mol. The molecule has 3 atom stereocenters. The van der Waals surface area contributed by atoms with Crippen molar-refractivity contribution in [1.82, 2.24) is 0 Å². The van der Waals surface area contributed by atoms with Gasteiger partial charge in [-0.1, -0.05) is 6.92 Å². The first-order valence-corrected chi connectivity index (χ1v) is 4.59. The molecule has 0 saturated carbocycles. The van der Waals surface area contributed by atoms with Crippen LogP contribution < -0.4 is 0 Å². The van der Waals surface area contributed by atoms with Crippen LogP contribution >= 0.6 is 0 Å². The molecule has 0 radical (unpaired) electrons. The van der Waals surface area contributed by atoms with E-state index in [2.05, 4.69) is 0 Å². The summed E-state index contributed by atoms with van der Waals surface area (Å²) in [5.74, 6) is -0.0360. The van der Waals surface area contributed by atoms with Gasteiger partial charge in [0, 0.05) is 6.61 Å². The molecule has 12 heavy (non-hydrogen) atoms. The zero-order valence-corrected chi connectivity index (χ0v) is 7.29. The number of ether oxygens (including phenoxy) is 2. The summed E-state index contributed by atoms with van der Waals surface area (Å²) >= 11 is 0. The molecule has 0 aromatic carbocycles. The summed E-state index contributed by atoms with van der Waals surface area (Å²) in [5, 5.41) is 0. The van der Waals surface area contributed by atoms with Gasteiger partial charge in [0.15, 0.2) is 0 Å². The number of hydrogen-bond acceptors (Lipinski definition) is 3. The maximum Gasteiger partial charge on any atom is 0.309 e. The van der Waals surface area contributed by atoms with E-state index in [0.29, 0.717) is 0 Å². The molecule has 0 bridgehead atoms. The molecule has 0 N–H and O–H groups in total.